The van der Waals surface area contributed by atoms with E-state index in [9.17, 15) is 19.5 Å². The van der Waals surface area contributed by atoms with Crippen LogP contribution in [0.5, 0.6) is 0 Å². The molecule has 0 fully saturated rings. The Kier molecular flexibility index (Phi) is 8.96. The van der Waals surface area contributed by atoms with E-state index in [1.54, 1.807) is 36.4 Å². The van der Waals surface area contributed by atoms with Crippen LogP contribution in [0, 0.1) is 23.7 Å². The van der Waals surface area contributed by atoms with Crippen molar-refractivity contribution < 1.29 is 24.7 Å². The van der Waals surface area contributed by atoms with Crippen LogP contribution in [0.15, 0.2) is 48.5 Å². The average molecular weight is 434 g/mol. The minimum absolute atomic E-state index is 0.135. The van der Waals surface area contributed by atoms with E-state index in [0.29, 0.717) is 16.8 Å². The maximum absolute atomic E-state index is 12.3. The monoisotopic (exact) mass is 434 g/mol. The van der Waals surface area contributed by atoms with Gasteiger partial charge in [0.15, 0.2) is 0 Å². The van der Waals surface area contributed by atoms with Gasteiger partial charge in [0.25, 0.3) is 11.8 Å². The number of aliphatic hydroxyl groups excluding tert-OH is 1. The van der Waals surface area contributed by atoms with Gasteiger partial charge in [-0.05, 0) is 55.2 Å². The first-order valence-corrected chi connectivity index (χ1v) is 9.49. The number of rotatable bonds is 6. The number of amides is 3. The molecule has 164 valence electrons. The molecule has 2 atom stereocenters. The highest BCUT2D eigenvalue weighted by Gasteiger charge is 2.25. The number of hydroxylamine groups is 1. The molecule has 2 unspecified atom stereocenters. The van der Waals surface area contributed by atoms with Crippen molar-refractivity contribution in [3.63, 3.8) is 0 Å². The molecule has 0 bridgehead atoms. The van der Waals surface area contributed by atoms with Gasteiger partial charge in [0.1, 0.15) is 6.04 Å². The van der Waals surface area contributed by atoms with Crippen LogP contribution in [-0.2, 0) is 9.59 Å². The minimum atomic E-state index is -1.31. The Morgan fingerprint density at radius 2 is 1.69 bits per heavy atom. The van der Waals surface area contributed by atoms with Crippen LogP contribution in [0.4, 0.5) is 5.69 Å². The molecule has 9 nitrogen and oxygen atoms in total. The largest absolute Gasteiger partial charge is 0.391 e. The molecule has 0 spiro atoms. The zero-order valence-electron chi connectivity index (χ0n) is 17.2. The lowest BCUT2D eigenvalue weighted by molar-refractivity contribution is -0.133. The summed E-state index contributed by atoms with van der Waals surface area (Å²) in [6.07, 6.45) is -1.21. The molecular formula is C23H22N4O5. The Morgan fingerprint density at radius 3 is 2.31 bits per heavy atom. The molecule has 3 amide bonds. The summed E-state index contributed by atoms with van der Waals surface area (Å²) in [5.74, 6) is 9.25. The van der Waals surface area contributed by atoms with Gasteiger partial charge < -0.3 is 21.5 Å². The fourth-order valence-electron chi connectivity index (χ4n) is 2.51. The van der Waals surface area contributed by atoms with Gasteiger partial charge in [-0.2, -0.15) is 0 Å². The third-order valence-electron chi connectivity index (χ3n) is 4.16. The van der Waals surface area contributed by atoms with Crippen molar-refractivity contribution in [1.29, 1.82) is 0 Å². The predicted octanol–water partition coefficient (Wildman–Crippen LogP) is -0.0284. The first-order chi connectivity index (χ1) is 15.3. The maximum atomic E-state index is 12.3. The van der Waals surface area contributed by atoms with E-state index in [4.69, 9.17) is 10.9 Å². The summed E-state index contributed by atoms with van der Waals surface area (Å²) >= 11 is 0. The summed E-state index contributed by atoms with van der Waals surface area (Å²) in [5.41, 5.74) is 8.67. The van der Waals surface area contributed by atoms with Crippen molar-refractivity contribution in [2.45, 2.75) is 19.1 Å². The van der Waals surface area contributed by atoms with Crippen molar-refractivity contribution in [2.75, 3.05) is 11.9 Å². The highest BCUT2D eigenvalue weighted by molar-refractivity contribution is 5.97. The third kappa shape index (κ3) is 6.97. The predicted molar refractivity (Wildman–Crippen MR) is 117 cm³/mol. The number of anilines is 1. The zero-order chi connectivity index (χ0) is 23.5. The van der Waals surface area contributed by atoms with Crippen LogP contribution in [0.2, 0.25) is 0 Å². The molecule has 2 rings (SSSR count). The summed E-state index contributed by atoms with van der Waals surface area (Å²) in [6, 6.07) is 11.9. The molecular weight excluding hydrogens is 412 g/mol. The van der Waals surface area contributed by atoms with Gasteiger partial charge in [-0.1, -0.05) is 24.0 Å². The number of hydrogen-bond donors (Lipinski definition) is 6. The molecule has 0 saturated heterocycles. The molecule has 32 heavy (non-hydrogen) atoms. The van der Waals surface area contributed by atoms with E-state index >= 15 is 0 Å². The van der Waals surface area contributed by atoms with Gasteiger partial charge in [-0.15, -0.1) is 0 Å². The summed E-state index contributed by atoms with van der Waals surface area (Å²) in [4.78, 5) is 35.3. The number of carbonyl (C=O) groups is 3. The summed E-state index contributed by atoms with van der Waals surface area (Å²) in [7, 11) is 0. The highest BCUT2D eigenvalue weighted by atomic mass is 16.5. The number of para-hydroxylation sites is 1. The minimum Gasteiger partial charge on any atom is -0.391 e. The van der Waals surface area contributed by atoms with Crippen molar-refractivity contribution in [2.24, 2.45) is 5.73 Å². The molecule has 9 heteroatoms. The second-order valence-corrected chi connectivity index (χ2v) is 6.54. The fourth-order valence-corrected chi connectivity index (χ4v) is 2.51. The fraction of sp³-hybridized carbons (Fsp3) is 0.174. The molecule has 7 N–H and O–H groups in total. The zero-order valence-corrected chi connectivity index (χ0v) is 17.2. The topological polar surface area (TPSA) is 154 Å². The highest BCUT2D eigenvalue weighted by Crippen LogP contribution is 2.13. The molecule has 0 aliphatic heterocycles. The van der Waals surface area contributed by atoms with E-state index in [0.717, 1.165) is 0 Å². The van der Waals surface area contributed by atoms with Gasteiger partial charge in [0.05, 0.1) is 18.3 Å². The van der Waals surface area contributed by atoms with E-state index in [2.05, 4.69) is 34.3 Å². The first kappa shape index (κ1) is 24.1. The summed E-state index contributed by atoms with van der Waals surface area (Å²) in [6.45, 7) is 1.17. The number of hydrogen-bond acceptors (Lipinski definition) is 6. The lowest BCUT2D eigenvalue weighted by Crippen LogP contribution is -2.51. The lowest BCUT2D eigenvalue weighted by Gasteiger charge is -2.19. The van der Waals surface area contributed by atoms with Gasteiger partial charge >= 0.3 is 0 Å². The van der Waals surface area contributed by atoms with E-state index in [1.807, 2.05) is 0 Å². The molecule has 2 aromatic carbocycles. The second-order valence-electron chi connectivity index (χ2n) is 6.54. The Hall–Kier alpha value is -4.15. The van der Waals surface area contributed by atoms with Gasteiger partial charge in [0.2, 0.25) is 5.91 Å². The SMILES string of the molecule is CC(O)C(NC(=O)c1ccc(C#CC#Cc2ccccc2NC(=O)CN)cc1)C(=O)NO. The number of benzene rings is 2. The van der Waals surface area contributed by atoms with Gasteiger partial charge in [0, 0.05) is 16.7 Å². The third-order valence-corrected chi connectivity index (χ3v) is 4.16. The van der Waals surface area contributed by atoms with Crippen molar-refractivity contribution in [3.05, 3.63) is 65.2 Å². The summed E-state index contributed by atoms with van der Waals surface area (Å²) in [5, 5.41) is 23.3. The van der Waals surface area contributed by atoms with Crippen LogP contribution in [0.1, 0.15) is 28.4 Å². The number of aliphatic hydroxyl groups is 1. The van der Waals surface area contributed by atoms with Crippen LogP contribution < -0.4 is 21.8 Å². The Morgan fingerprint density at radius 1 is 1.03 bits per heavy atom. The second kappa shape index (κ2) is 11.9. The Labute approximate surface area is 185 Å². The number of nitrogens with two attached hydrogens (primary N) is 1. The molecule has 0 radical (unpaired) electrons. The molecule has 0 aromatic heterocycles. The quantitative estimate of drug-likeness (QED) is 0.213. The Balaban J connectivity index is 2.08. The van der Waals surface area contributed by atoms with Gasteiger partial charge in [-0.25, -0.2) is 5.48 Å². The van der Waals surface area contributed by atoms with Crippen LogP contribution in [0.3, 0.4) is 0 Å². The molecule has 2 aromatic rings. The average Bonchev–Trinajstić information content (AvgIpc) is 2.80. The van der Waals surface area contributed by atoms with Crippen molar-refractivity contribution >= 4 is 23.4 Å². The molecule has 0 aliphatic rings. The smallest absolute Gasteiger partial charge is 0.268 e. The molecule has 0 heterocycles. The van der Waals surface area contributed by atoms with E-state index < -0.39 is 24.0 Å². The van der Waals surface area contributed by atoms with Gasteiger partial charge in [-0.3, -0.25) is 19.6 Å². The summed E-state index contributed by atoms with van der Waals surface area (Å²) < 4.78 is 0. The lowest BCUT2D eigenvalue weighted by atomic mass is 10.1. The number of nitrogens with one attached hydrogen (secondary N) is 3. The molecule has 0 saturated carbocycles. The van der Waals surface area contributed by atoms with Crippen LogP contribution >= 0.6 is 0 Å². The first-order valence-electron chi connectivity index (χ1n) is 9.49. The standard InChI is InChI=1S/C23H22N4O5/c1-15(28)21(23(31)27-32)26-22(30)18-12-10-16(11-13-18)6-2-3-7-17-8-4-5-9-19(17)25-20(29)14-24/h4-5,8-13,15,21,28,32H,14,24H2,1H3,(H,25,29)(H,26,30)(H,27,31). The Bertz CT molecular complexity index is 1100. The van der Waals surface area contributed by atoms with E-state index in [-0.39, 0.29) is 18.0 Å². The van der Waals surface area contributed by atoms with Crippen molar-refractivity contribution in [3.8, 4) is 23.7 Å². The van der Waals surface area contributed by atoms with Crippen molar-refractivity contribution in [1.82, 2.24) is 10.8 Å². The van der Waals surface area contributed by atoms with E-state index in [1.165, 1.54) is 24.5 Å². The maximum Gasteiger partial charge on any atom is 0.268 e. The normalized spacial score (nSPS) is 11.5. The molecule has 0 aliphatic carbocycles. The van der Waals surface area contributed by atoms with Crippen LogP contribution in [0.25, 0.3) is 0 Å². The number of carbonyl (C=O) groups excluding carboxylic acids is 3. The van der Waals surface area contributed by atoms with Crippen LogP contribution in [-0.4, -0.2) is 46.7 Å².